The van der Waals surface area contributed by atoms with Gasteiger partial charge in [0.25, 0.3) is 0 Å². The van der Waals surface area contributed by atoms with E-state index in [4.69, 9.17) is 36.8 Å². The highest BCUT2D eigenvalue weighted by atomic mass is 35.5. The van der Waals surface area contributed by atoms with Gasteiger partial charge in [-0.25, -0.2) is 4.99 Å². The molecule has 1 saturated heterocycles. The lowest BCUT2D eigenvalue weighted by molar-refractivity contribution is -0.0166. The van der Waals surface area contributed by atoms with Gasteiger partial charge in [0, 0.05) is 29.5 Å². The van der Waals surface area contributed by atoms with Crippen LogP contribution in [-0.4, -0.2) is 30.9 Å². The highest BCUT2D eigenvalue weighted by Crippen LogP contribution is 2.48. The van der Waals surface area contributed by atoms with Crippen LogP contribution in [-0.2, 0) is 10.4 Å². The quantitative estimate of drug-likeness (QED) is 0.789. The number of hydrogen-bond acceptors (Lipinski definition) is 5. The molecule has 0 saturated carbocycles. The van der Waals surface area contributed by atoms with Gasteiger partial charge in [-0.2, -0.15) is 0 Å². The molecule has 2 aromatic carbocycles. The van der Waals surface area contributed by atoms with Crippen LogP contribution in [0.1, 0.15) is 31.7 Å². The molecule has 2 N–H and O–H groups in total. The summed E-state index contributed by atoms with van der Waals surface area (Å²) < 4.78 is 12.2. The van der Waals surface area contributed by atoms with Gasteiger partial charge >= 0.3 is 0 Å². The molecule has 3 aliphatic rings. The Bertz CT molecular complexity index is 993. The SMILES string of the molecule is CC1=N[C@@]2(C[C@@H]([C@@H]3CCCOC3)Oc3ccc(-c4cccc(Cl)c4)cc32)N=C1N. The first-order valence-electron chi connectivity index (χ1n) is 10.1. The minimum atomic E-state index is -0.724. The molecule has 1 spiro atoms. The fourth-order valence-corrected chi connectivity index (χ4v) is 4.75. The van der Waals surface area contributed by atoms with Crippen molar-refractivity contribution in [3.05, 3.63) is 53.1 Å². The van der Waals surface area contributed by atoms with Crippen LogP contribution in [0.4, 0.5) is 0 Å². The van der Waals surface area contributed by atoms with E-state index in [-0.39, 0.29) is 6.10 Å². The second-order valence-electron chi connectivity index (χ2n) is 8.07. The van der Waals surface area contributed by atoms with Crippen LogP contribution in [0, 0.1) is 5.92 Å². The molecule has 1 fully saturated rings. The number of halogens is 1. The van der Waals surface area contributed by atoms with Gasteiger partial charge in [-0.3, -0.25) is 4.99 Å². The lowest BCUT2D eigenvalue weighted by atomic mass is 9.83. The molecule has 29 heavy (non-hydrogen) atoms. The van der Waals surface area contributed by atoms with Crippen LogP contribution in [0.2, 0.25) is 5.02 Å². The van der Waals surface area contributed by atoms with Crippen molar-refractivity contribution >= 4 is 23.1 Å². The molecule has 0 aromatic heterocycles. The van der Waals surface area contributed by atoms with Crippen molar-refractivity contribution in [1.82, 2.24) is 0 Å². The predicted octanol–water partition coefficient (Wildman–Crippen LogP) is 4.57. The zero-order valence-corrected chi connectivity index (χ0v) is 17.2. The number of benzene rings is 2. The Morgan fingerprint density at radius 3 is 2.72 bits per heavy atom. The van der Waals surface area contributed by atoms with E-state index >= 15 is 0 Å². The monoisotopic (exact) mass is 409 g/mol. The van der Waals surface area contributed by atoms with Gasteiger partial charge in [-0.05, 0) is 55.2 Å². The zero-order valence-electron chi connectivity index (χ0n) is 16.4. The van der Waals surface area contributed by atoms with Crippen molar-refractivity contribution in [3.63, 3.8) is 0 Å². The first-order chi connectivity index (χ1) is 14.0. The van der Waals surface area contributed by atoms with Crippen molar-refractivity contribution < 1.29 is 9.47 Å². The summed E-state index contributed by atoms with van der Waals surface area (Å²) >= 11 is 6.21. The van der Waals surface area contributed by atoms with E-state index in [1.807, 2.05) is 37.3 Å². The van der Waals surface area contributed by atoms with Gasteiger partial charge in [-0.15, -0.1) is 0 Å². The molecular formula is C23H24ClN3O2. The maximum atomic E-state index is 6.46. The van der Waals surface area contributed by atoms with Gasteiger partial charge in [-0.1, -0.05) is 29.8 Å². The third kappa shape index (κ3) is 3.32. The molecule has 0 aliphatic carbocycles. The molecule has 3 atom stereocenters. The highest BCUT2D eigenvalue weighted by molar-refractivity contribution is 6.41. The first kappa shape index (κ1) is 18.6. The minimum Gasteiger partial charge on any atom is -0.489 e. The number of aliphatic imine (C=N–C) groups is 2. The molecule has 2 aromatic rings. The summed E-state index contributed by atoms with van der Waals surface area (Å²) in [5.41, 5.74) is 9.30. The number of hydrogen-bond donors (Lipinski definition) is 1. The maximum absolute atomic E-state index is 6.46. The summed E-state index contributed by atoms with van der Waals surface area (Å²) in [4.78, 5) is 9.78. The van der Waals surface area contributed by atoms with E-state index in [9.17, 15) is 0 Å². The molecule has 3 aliphatic heterocycles. The Morgan fingerprint density at radius 2 is 2.00 bits per heavy atom. The highest BCUT2D eigenvalue weighted by Gasteiger charge is 2.47. The van der Waals surface area contributed by atoms with Crippen molar-refractivity contribution in [2.45, 2.75) is 38.0 Å². The summed E-state index contributed by atoms with van der Waals surface area (Å²) in [6.45, 7) is 3.47. The van der Waals surface area contributed by atoms with Gasteiger partial charge in [0.05, 0.1) is 12.3 Å². The average Bonchev–Trinajstić information content (AvgIpc) is 3.02. The van der Waals surface area contributed by atoms with E-state index < -0.39 is 5.66 Å². The standard InChI is InChI=1S/C23H24ClN3O2/c1-14-22(25)27-23(26-14)12-21(17-5-3-9-28-13-17)29-20-8-7-16(11-19(20)23)15-4-2-6-18(24)10-15/h2,4,6-8,10-11,17,21H,3,5,9,12-13H2,1H3,(H2,25,27)/t17-,21+,23+/m1/s1. The number of fused-ring (bicyclic) bond motifs is 2. The van der Waals surface area contributed by atoms with Gasteiger partial charge in [0.2, 0.25) is 0 Å². The van der Waals surface area contributed by atoms with E-state index in [0.29, 0.717) is 23.2 Å². The topological polar surface area (TPSA) is 69.2 Å². The number of nitrogens with zero attached hydrogens (tertiary/aromatic N) is 2. The Kier molecular flexibility index (Phi) is 4.60. The largest absolute Gasteiger partial charge is 0.489 e. The molecule has 150 valence electrons. The van der Waals surface area contributed by atoms with Crippen molar-refractivity contribution in [2.24, 2.45) is 21.6 Å². The summed E-state index contributed by atoms with van der Waals surface area (Å²) in [6, 6.07) is 14.1. The van der Waals surface area contributed by atoms with Crippen LogP contribution >= 0.6 is 11.6 Å². The molecule has 0 unspecified atom stereocenters. The van der Waals surface area contributed by atoms with Crippen LogP contribution in [0.5, 0.6) is 5.75 Å². The normalized spacial score (nSPS) is 28.5. The Morgan fingerprint density at radius 1 is 1.14 bits per heavy atom. The Labute approximate surface area is 175 Å². The maximum Gasteiger partial charge on any atom is 0.185 e. The van der Waals surface area contributed by atoms with Crippen LogP contribution in [0.3, 0.4) is 0 Å². The summed E-state index contributed by atoms with van der Waals surface area (Å²) in [5, 5.41) is 0.709. The molecule has 0 bridgehead atoms. The van der Waals surface area contributed by atoms with E-state index in [1.165, 1.54) is 0 Å². The second kappa shape index (κ2) is 7.15. The van der Waals surface area contributed by atoms with Crippen molar-refractivity contribution in [3.8, 4) is 16.9 Å². The first-order valence-corrected chi connectivity index (χ1v) is 10.5. The minimum absolute atomic E-state index is 0.00557. The second-order valence-corrected chi connectivity index (χ2v) is 8.51. The number of ether oxygens (including phenoxy) is 2. The van der Waals surface area contributed by atoms with Crippen LogP contribution < -0.4 is 10.5 Å². The lowest BCUT2D eigenvalue weighted by Crippen LogP contribution is -2.42. The third-order valence-corrected chi connectivity index (χ3v) is 6.32. The number of nitrogens with two attached hydrogens (primary N) is 1. The summed E-state index contributed by atoms with van der Waals surface area (Å²) in [5.74, 6) is 1.67. The van der Waals surface area contributed by atoms with Crippen LogP contribution in [0.15, 0.2) is 52.4 Å². The van der Waals surface area contributed by atoms with Gasteiger partial charge in [0.1, 0.15) is 17.7 Å². The molecule has 6 heteroatoms. The average molecular weight is 410 g/mol. The smallest absolute Gasteiger partial charge is 0.185 e. The fourth-order valence-electron chi connectivity index (χ4n) is 4.56. The number of amidine groups is 1. The molecule has 5 nitrogen and oxygen atoms in total. The zero-order chi connectivity index (χ0) is 20.0. The summed E-state index contributed by atoms with van der Waals surface area (Å²) in [6.07, 6.45) is 2.83. The molecule has 3 heterocycles. The number of rotatable bonds is 2. The summed E-state index contributed by atoms with van der Waals surface area (Å²) in [7, 11) is 0. The van der Waals surface area contributed by atoms with E-state index in [2.05, 4.69) is 12.1 Å². The van der Waals surface area contributed by atoms with Crippen molar-refractivity contribution in [2.75, 3.05) is 13.2 Å². The fraction of sp³-hybridized carbons (Fsp3) is 0.391. The molecule has 5 rings (SSSR count). The Hall–Kier alpha value is -2.37. The van der Waals surface area contributed by atoms with Gasteiger partial charge in [0.15, 0.2) is 5.66 Å². The predicted molar refractivity (Wildman–Crippen MR) is 116 cm³/mol. The molecule has 0 amide bonds. The van der Waals surface area contributed by atoms with E-state index in [0.717, 1.165) is 54.2 Å². The molecule has 0 radical (unpaired) electrons. The van der Waals surface area contributed by atoms with Crippen molar-refractivity contribution in [1.29, 1.82) is 0 Å². The molecular weight excluding hydrogens is 386 g/mol. The lowest BCUT2D eigenvalue weighted by Gasteiger charge is -2.40. The Balaban J connectivity index is 1.60. The van der Waals surface area contributed by atoms with E-state index in [1.54, 1.807) is 0 Å². The third-order valence-electron chi connectivity index (χ3n) is 6.08. The van der Waals surface area contributed by atoms with Gasteiger partial charge < -0.3 is 15.2 Å². The van der Waals surface area contributed by atoms with Crippen LogP contribution in [0.25, 0.3) is 11.1 Å².